The summed E-state index contributed by atoms with van der Waals surface area (Å²) in [6.07, 6.45) is 0. The van der Waals surface area contributed by atoms with Crippen LogP contribution in [0.25, 0.3) is 11.1 Å². The molecule has 0 bridgehead atoms. The van der Waals surface area contributed by atoms with Crippen LogP contribution in [0.5, 0.6) is 11.5 Å². The van der Waals surface area contributed by atoms with Crippen molar-refractivity contribution < 1.29 is 10.2 Å². The van der Waals surface area contributed by atoms with Crippen molar-refractivity contribution >= 4 is 0 Å². The molecule has 0 aliphatic carbocycles. The lowest BCUT2D eigenvalue weighted by Gasteiger charge is -2.08. The summed E-state index contributed by atoms with van der Waals surface area (Å²) in [7, 11) is 0. The van der Waals surface area contributed by atoms with Gasteiger partial charge in [-0.3, -0.25) is 0 Å². The molecule has 2 aromatic rings. The third-order valence-corrected chi connectivity index (χ3v) is 2.84. The van der Waals surface area contributed by atoms with Crippen molar-refractivity contribution in [3.05, 3.63) is 47.5 Å². The predicted molar refractivity (Wildman–Crippen MR) is 64.7 cm³/mol. The minimum atomic E-state index is 0.247. The minimum absolute atomic E-state index is 0.247. The average molecular weight is 214 g/mol. The van der Waals surface area contributed by atoms with Gasteiger partial charge in [-0.2, -0.15) is 0 Å². The Bertz CT molecular complexity index is 490. The molecule has 0 unspecified atom stereocenters. The van der Waals surface area contributed by atoms with E-state index in [1.54, 1.807) is 18.2 Å². The van der Waals surface area contributed by atoms with Gasteiger partial charge >= 0.3 is 0 Å². The molecule has 2 aromatic carbocycles. The number of hydrogen-bond donors (Lipinski definition) is 2. The van der Waals surface area contributed by atoms with Gasteiger partial charge in [0.1, 0.15) is 11.5 Å². The second-order valence-electron chi connectivity index (χ2n) is 3.98. The summed E-state index contributed by atoms with van der Waals surface area (Å²) in [5, 5.41) is 19.0. The van der Waals surface area contributed by atoms with Gasteiger partial charge in [-0.25, -0.2) is 0 Å². The van der Waals surface area contributed by atoms with Gasteiger partial charge in [0.25, 0.3) is 0 Å². The van der Waals surface area contributed by atoms with Crippen LogP contribution in [0.3, 0.4) is 0 Å². The summed E-state index contributed by atoms with van der Waals surface area (Å²) in [5.41, 5.74) is 3.91. The van der Waals surface area contributed by atoms with Crippen molar-refractivity contribution in [2.75, 3.05) is 0 Å². The van der Waals surface area contributed by atoms with E-state index >= 15 is 0 Å². The van der Waals surface area contributed by atoms with Crippen molar-refractivity contribution in [1.82, 2.24) is 0 Å². The Balaban J connectivity index is 2.52. The summed E-state index contributed by atoms with van der Waals surface area (Å²) < 4.78 is 0. The number of rotatable bonds is 1. The van der Waals surface area contributed by atoms with Crippen LogP contribution in [-0.2, 0) is 0 Å². The maximum atomic E-state index is 9.75. The average Bonchev–Trinajstić information content (AvgIpc) is 2.26. The van der Waals surface area contributed by atoms with E-state index in [4.69, 9.17) is 0 Å². The number of aryl methyl sites for hydroxylation is 1. The fourth-order valence-electron chi connectivity index (χ4n) is 1.66. The Morgan fingerprint density at radius 1 is 0.812 bits per heavy atom. The zero-order valence-electron chi connectivity index (χ0n) is 9.36. The maximum Gasteiger partial charge on any atom is 0.119 e. The molecule has 2 rings (SSSR count). The molecule has 0 aliphatic heterocycles. The molecule has 2 heteroatoms. The largest absolute Gasteiger partial charge is 0.508 e. The molecule has 0 fully saturated rings. The van der Waals surface area contributed by atoms with E-state index in [9.17, 15) is 10.2 Å². The van der Waals surface area contributed by atoms with Crippen LogP contribution < -0.4 is 0 Å². The molecule has 82 valence electrons. The lowest BCUT2D eigenvalue weighted by Crippen LogP contribution is -1.85. The Morgan fingerprint density at radius 2 is 1.44 bits per heavy atom. The van der Waals surface area contributed by atoms with Crippen LogP contribution in [0.15, 0.2) is 36.4 Å². The van der Waals surface area contributed by atoms with E-state index in [0.29, 0.717) is 5.75 Å². The van der Waals surface area contributed by atoms with E-state index in [1.165, 1.54) is 0 Å². The molecule has 0 amide bonds. The van der Waals surface area contributed by atoms with Crippen LogP contribution in [0.2, 0.25) is 0 Å². The summed E-state index contributed by atoms with van der Waals surface area (Å²) in [4.78, 5) is 0. The smallest absolute Gasteiger partial charge is 0.119 e. The Morgan fingerprint density at radius 3 is 2.00 bits per heavy atom. The molecule has 0 saturated heterocycles. The molecule has 2 N–H and O–H groups in total. The maximum absolute atomic E-state index is 9.75. The standard InChI is InChI=1S/C14H14O2/c1-9-7-12(8-14(16)10(9)2)11-3-5-13(15)6-4-11/h3-8,15-16H,1-2H3. The van der Waals surface area contributed by atoms with Crippen molar-refractivity contribution in [1.29, 1.82) is 0 Å². The van der Waals surface area contributed by atoms with Gasteiger partial charge in [-0.1, -0.05) is 18.2 Å². The third kappa shape index (κ3) is 1.87. The number of benzene rings is 2. The molecular weight excluding hydrogens is 200 g/mol. The Labute approximate surface area is 94.8 Å². The minimum Gasteiger partial charge on any atom is -0.508 e. The summed E-state index contributed by atoms with van der Waals surface area (Å²) in [6, 6.07) is 10.7. The van der Waals surface area contributed by atoms with Crippen molar-refractivity contribution in [2.45, 2.75) is 13.8 Å². The first-order valence-electron chi connectivity index (χ1n) is 5.17. The van der Waals surface area contributed by atoms with Crippen LogP contribution >= 0.6 is 0 Å². The Kier molecular flexibility index (Phi) is 2.57. The van der Waals surface area contributed by atoms with Gasteiger partial charge in [0, 0.05) is 0 Å². The fraction of sp³-hybridized carbons (Fsp3) is 0.143. The topological polar surface area (TPSA) is 40.5 Å². The van der Waals surface area contributed by atoms with Gasteiger partial charge in [0.15, 0.2) is 0 Å². The molecule has 0 saturated carbocycles. The van der Waals surface area contributed by atoms with E-state index in [1.807, 2.05) is 32.0 Å². The normalized spacial score (nSPS) is 10.4. The summed E-state index contributed by atoms with van der Waals surface area (Å²) >= 11 is 0. The summed E-state index contributed by atoms with van der Waals surface area (Å²) in [5.74, 6) is 0.555. The SMILES string of the molecule is Cc1cc(-c2ccc(O)cc2)cc(O)c1C. The predicted octanol–water partition coefficient (Wildman–Crippen LogP) is 3.38. The second kappa shape index (κ2) is 3.89. The van der Waals surface area contributed by atoms with Crippen LogP contribution in [0.1, 0.15) is 11.1 Å². The molecule has 2 nitrogen and oxygen atoms in total. The number of phenolic OH excluding ortho intramolecular Hbond substituents is 2. The quantitative estimate of drug-likeness (QED) is 0.764. The molecule has 0 spiro atoms. The van der Waals surface area contributed by atoms with Gasteiger partial charge in [0.05, 0.1) is 0 Å². The Hall–Kier alpha value is -1.96. The van der Waals surface area contributed by atoms with E-state index in [0.717, 1.165) is 22.3 Å². The van der Waals surface area contributed by atoms with Gasteiger partial charge < -0.3 is 10.2 Å². The molecular formula is C14H14O2. The number of hydrogen-bond acceptors (Lipinski definition) is 2. The lowest BCUT2D eigenvalue weighted by atomic mass is 9.99. The first-order chi connectivity index (χ1) is 7.58. The highest BCUT2D eigenvalue weighted by molar-refractivity contribution is 5.67. The zero-order valence-corrected chi connectivity index (χ0v) is 9.36. The molecule has 0 aromatic heterocycles. The third-order valence-electron chi connectivity index (χ3n) is 2.84. The van der Waals surface area contributed by atoms with Crippen LogP contribution in [0.4, 0.5) is 0 Å². The first kappa shape index (κ1) is 10.6. The monoisotopic (exact) mass is 214 g/mol. The van der Waals surface area contributed by atoms with E-state index in [2.05, 4.69) is 0 Å². The molecule has 0 radical (unpaired) electrons. The first-order valence-corrected chi connectivity index (χ1v) is 5.17. The second-order valence-corrected chi connectivity index (χ2v) is 3.98. The number of aromatic hydroxyl groups is 2. The summed E-state index contributed by atoms with van der Waals surface area (Å²) in [6.45, 7) is 3.87. The highest BCUT2D eigenvalue weighted by atomic mass is 16.3. The van der Waals surface area contributed by atoms with Gasteiger partial charge in [0.2, 0.25) is 0 Å². The van der Waals surface area contributed by atoms with E-state index < -0.39 is 0 Å². The highest BCUT2D eigenvalue weighted by Crippen LogP contribution is 2.29. The molecule has 0 aliphatic rings. The highest BCUT2D eigenvalue weighted by Gasteiger charge is 2.04. The van der Waals surface area contributed by atoms with Crippen molar-refractivity contribution in [2.24, 2.45) is 0 Å². The number of phenols is 2. The fourth-order valence-corrected chi connectivity index (χ4v) is 1.66. The van der Waals surface area contributed by atoms with Crippen LogP contribution in [-0.4, -0.2) is 10.2 Å². The van der Waals surface area contributed by atoms with Crippen LogP contribution in [0, 0.1) is 13.8 Å². The van der Waals surface area contributed by atoms with Gasteiger partial charge in [-0.15, -0.1) is 0 Å². The molecule has 0 heterocycles. The molecule has 16 heavy (non-hydrogen) atoms. The van der Waals surface area contributed by atoms with Crippen molar-refractivity contribution in [3.8, 4) is 22.6 Å². The zero-order chi connectivity index (χ0) is 11.7. The molecule has 0 atom stereocenters. The van der Waals surface area contributed by atoms with E-state index in [-0.39, 0.29) is 5.75 Å². The lowest BCUT2D eigenvalue weighted by molar-refractivity contribution is 0.471. The van der Waals surface area contributed by atoms with Gasteiger partial charge in [-0.05, 0) is 54.3 Å². The van der Waals surface area contributed by atoms with Crippen molar-refractivity contribution in [3.63, 3.8) is 0 Å².